The lowest BCUT2D eigenvalue weighted by Gasteiger charge is -2.08. The smallest absolute Gasteiger partial charge is 0.281 e. The van der Waals surface area contributed by atoms with E-state index in [4.69, 9.17) is 4.52 Å². The maximum atomic E-state index is 14.4. The molecule has 4 heterocycles. The van der Waals surface area contributed by atoms with Crippen LogP contribution in [0.3, 0.4) is 0 Å². The van der Waals surface area contributed by atoms with Gasteiger partial charge in [-0.3, -0.25) is 9.98 Å². The van der Waals surface area contributed by atoms with E-state index in [1.807, 2.05) is 0 Å². The van der Waals surface area contributed by atoms with Gasteiger partial charge in [-0.05, 0) is 24.3 Å². The number of benzene rings is 1. The van der Waals surface area contributed by atoms with Crippen LogP contribution in [-0.4, -0.2) is 42.9 Å². The van der Waals surface area contributed by atoms with Gasteiger partial charge in [0.05, 0.1) is 0 Å². The Balaban J connectivity index is 1.67. The van der Waals surface area contributed by atoms with Crippen molar-refractivity contribution in [3.05, 3.63) is 66.6 Å². The molecule has 0 spiro atoms. The molecule has 9 nitrogen and oxygen atoms in total. The summed E-state index contributed by atoms with van der Waals surface area (Å²) in [7, 11) is 0. The van der Waals surface area contributed by atoms with E-state index in [9.17, 15) is 4.39 Å². The molecule has 0 saturated heterocycles. The van der Waals surface area contributed by atoms with Crippen LogP contribution in [0.4, 0.5) is 4.39 Å². The molecule has 29 heavy (non-hydrogen) atoms. The van der Waals surface area contributed by atoms with E-state index in [0.717, 1.165) is 5.56 Å². The predicted molar refractivity (Wildman–Crippen MR) is 102 cm³/mol. The number of rotatable bonds is 4. The Hall–Kier alpha value is -4.21. The number of pyridine rings is 1. The minimum absolute atomic E-state index is 0.149. The Morgan fingerprint density at radius 1 is 1.10 bits per heavy atom. The van der Waals surface area contributed by atoms with Crippen molar-refractivity contribution < 1.29 is 8.91 Å². The summed E-state index contributed by atoms with van der Waals surface area (Å²) in [6.45, 7) is 0.636. The SMILES string of the molecule is Fc1ccccc1-n1nnc(-c2nc(C3=CNCC=N3)no2)c1-c1ccncc1. The lowest BCUT2D eigenvalue weighted by atomic mass is 10.1. The molecular formula is C19H13FN8O. The summed E-state index contributed by atoms with van der Waals surface area (Å²) in [4.78, 5) is 12.7. The van der Waals surface area contributed by atoms with Gasteiger partial charge in [0, 0.05) is 36.9 Å². The predicted octanol–water partition coefficient (Wildman–Crippen LogP) is 2.49. The second-order valence-corrected chi connectivity index (χ2v) is 6.06. The second kappa shape index (κ2) is 7.08. The van der Waals surface area contributed by atoms with Crippen molar-refractivity contribution >= 4 is 11.9 Å². The number of nitrogens with one attached hydrogen (secondary N) is 1. The Kier molecular flexibility index (Phi) is 4.13. The van der Waals surface area contributed by atoms with Crippen molar-refractivity contribution in [2.45, 2.75) is 0 Å². The summed E-state index contributed by atoms with van der Waals surface area (Å²) < 4.78 is 21.3. The number of aromatic nitrogens is 6. The maximum absolute atomic E-state index is 14.4. The highest BCUT2D eigenvalue weighted by Crippen LogP contribution is 2.32. The standard InChI is InChI=1S/C19H13FN8O/c20-13-3-1-2-4-15(13)28-17(12-5-7-21-8-6-12)16(25-27-28)19-24-18(26-29-19)14-11-22-9-10-23-14/h1-8,10-11,22H,9H2. The molecule has 1 aliphatic rings. The van der Waals surface area contributed by atoms with Crippen LogP contribution in [0.2, 0.25) is 0 Å². The molecule has 0 unspecified atom stereocenters. The van der Waals surface area contributed by atoms with Gasteiger partial charge >= 0.3 is 0 Å². The van der Waals surface area contributed by atoms with E-state index in [2.05, 4.69) is 35.7 Å². The number of nitrogens with zero attached hydrogens (tertiary/aromatic N) is 7. The van der Waals surface area contributed by atoms with Crippen LogP contribution in [0, 0.1) is 5.82 Å². The van der Waals surface area contributed by atoms with Gasteiger partial charge in [-0.1, -0.05) is 22.5 Å². The van der Waals surface area contributed by atoms with Crippen LogP contribution >= 0.6 is 0 Å². The third kappa shape index (κ3) is 3.06. The lowest BCUT2D eigenvalue weighted by Crippen LogP contribution is -2.13. The van der Waals surface area contributed by atoms with Crippen LogP contribution in [0.25, 0.3) is 34.2 Å². The molecule has 1 N–H and O–H groups in total. The quantitative estimate of drug-likeness (QED) is 0.572. The van der Waals surface area contributed by atoms with Gasteiger partial charge in [-0.2, -0.15) is 4.98 Å². The fourth-order valence-corrected chi connectivity index (χ4v) is 2.92. The highest BCUT2D eigenvalue weighted by atomic mass is 19.1. The molecule has 5 rings (SSSR count). The monoisotopic (exact) mass is 388 g/mol. The molecule has 4 aromatic rings. The maximum Gasteiger partial charge on any atom is 0.281 e. The minimum Gasteiger partial charge on any atom is -0.384 e. The lowest BCUT2D eigenvalue weighted by molar-refractivity contribution is 0.427. The summed E-state index contributed by atoms with van der Waals surface area (Å²) in [6.07, 6.45) is 6.67. The molecular weight excluding hydrogens is 375 g/mol. The van der Waals surface area contributed by atoms with E-state index in [0.29, 0.717) is 29.5 Å². The summed E-state index contributed by atoms with van der Waals surface area (Å²) in [6, 6.07) is 9.85. The molecule has 10 heteroatoms. The highest BCUT2D eigenvalue weighted by Gasteiger charge is 2.24. The topological polar surface area (TPSA) is 107 Å². The molecule has 0 bridgehead atoms. The van der Waals surface area contributed by atoms with Crippen molar-refractivity contribution in [3.63, 3.8) is 0 Å². The summed E-state index contributed by atoms with van der Waals surface area (Å²) in [5.74, 6) is 0.0268. The van der Waals surface area contributed by atoms with E-state index < -0.39 is 5.82 Å². The Morgan fingerprint density at radius 3 is 2.76 bits per heavy atom. The van der Waals surface area contributed by atoms with Gasteiger partial charge in [-0.25, -0.2) is 9.07 Å². The zero-order chi connectivity index (χ0) is 19.6. The van der Waals surface area contributed by atoms with Crippen molar-refractivity contribution in [2.24, 2.45) is 4.99 Å². The van der Waals surface area contributed by atoms with Crippen LogP contribution in [-0.2, 0) is 0 Å². The second-order valence-electron chi connectivity index (χ2n) is 6.06. The molecule has 3 aromatic heterocycles. The molecule has 1 aliphatic heterocycles. The van der Waals surface area contributed by atoms with Gasteiger partial charge in [0.2, 0.25) is 5.82 Å². The van der Waals surface area contributed by atoms with Crippen LogP contribution in [0.15, 0.2) is 64.5 Å². The molecule has 0 atom stereocenters. The summed E-state index contributed by atoms with van der Waals surface area (Å²) in [5, 5.41) is 15.4. The largest absolute Gasteiger partial charge is 0.384 e. The van der Waals surface area contributed by atoms with Gasteiger partial charge in [0.1, 0.15) is 22.9 Å². The first-order valence-corrected chi connectivity index (χ1v) is 8.73. The van der Waals surface area contributed by atoms with Crippen LogP contribution in [0.5, 0.6) is 0 Å². The Morgan fingerprint density at radius 2 is 1.97 bits per heavy atom. The molecule has 0 amide bonds. The average molecular weight is 388 g/mol. The summed E-state index contributed by atoms with van der Waals surface area (Å²) >= 11 is 0. The Bertz CT molecular complexity index is 1230. The number of aliphatic imine (C=N–C) groups is 1. The zero-order valence-electron chi connectivity index (χ0n) is 14.9. The van der Waals surface area contributed by atoms with E-state index in [-0.39, 0.29) is 11.6 Å². The number of para-hydroxylation sites is 1. The fourth-order valence-electron chi connectivity index (χ4n) is 2.92. The van der Waals surface area contributed by atoms with E-state index in [1.165, 1.54) is 10.7 Å². The fraction of sp³-hybridized carbons (Fsp3) is 0.0526. The molecule has 0 fully saturated rings. The number of halogens is 1. The molecule has 142 valence electrons. The van der Waals surface area contributed by atoms with Crippen molar-refractivity contribution in [1.82, 2.24) is 35.4 Å². The normalized spacial score (nSPS) is 13.2. The zero-order valence-corrected chi connectivity index (χ0v) is 14.9. The molecule has 1 aromatic carbocycles. The van der Waals surface area contributed by atoms with Gasteiger partial charge in [0.15, 0.2) is 5.69 Å². The third-order valence-corrected chi connectivity index (χ3v) is 4.24. The van der Waals surface area contributed by atoms with Crippen molar-refractivity contribution in [3.8, 4) is 28.5 Å². The van der Waals surface area contributed by atoms with Crippen molar-refractivity contribution in [1.29, 1.82) is 0 Å². The van der Waals surface area contributed by atoms with Crippen LogP contribution in [0.1, 0.15) is 5.82 Å². The first-order chi connectivity index (χ1) is 14.3. The molecule has 0 aliphatic carbocycles. The Labute approximate surface area is 163 Å². The first kappa shape index (κ1) is 16.9. The van der Waals surface area contributed by atoms with E-state index >= 15 is 0 Å². The molecule has 0 radical (unpaired) electrons. The van der Waals surface area contributed by atoms with Crippen molar-refractivity contribution in [2.75, 3.05) is 6.54 Å². The molecule has 0 saturated carbocycles. The van der Waals surface area contributed by atoms with Gasteiger partial charge in [-0.15, -0.1) is 5.10 Å². The highest BCUT2D eigenvalue weighted by molar-refractivity contribution is 5.77. The van der Waals surface area contributed by atoms with Gasteiger partial charge in [0.25, 0.3) is 5.89 Å². The first-order valence-electron chi connectivity index (χ1n) is 8.73. The third-order valence-electron chi connectivity index (χ3n) is 4.24. The van der Waals surface area contributed by atoms with Crippen LogP contribution < -0.4 is 5.32 Å². The number of hydrogen-bond donors (Lipinski definition) is 1. The number of hydrogen-bond acceptors (Lipinski definition) is 8. The summed E-state index contributed by atoms with van der Waals surface area (Å²) in [5.41, 5.74) is 2.35. The van der Waals surface area contributed by atoms with E-state index in [1.54, 1.807) is 55.1 Å². The van der Waals surface area contributed by atoms with Gasteiger partial charge < -0.3 is 9.84 Å². The minimum atomic E-state index is -0.432. The average Bonchev–Trinajstić information content (AvgIpc) is 3.43.